The zero-order valence-corrected chi connectivity index (χ0v) is 11.5. The van der Waals surface area contributed by atoms with Crippen molar-refractivity contribution in [2.45, 2.75) is 13.5 Å². The van der Waals surface area contributed by atoms with E-state index in [9.17, 15) is 4.39 Å². The van der Waals surface area contributed by atoms with E-state index in [0.717, 1.165) is 5.69 Å². The standard InChI is InChI=1S/C15H17FN2O2/c1-3-20-14-8-7-11(9-13(14)16)17-10-12-5-4-6-15(18-12)19-2/h4-9,17H,3,10H2,1-2H3. The third-order valence-electron chi connectivity index (χ3n) is 2.70. The first kappa shape index (κ1) is 14.1. The average Bonchev–Trinajstić information content (AvgIpc) is 2.48. The SMILES string of the molecule is CCOc1ccc(NCc2cccc(OC)n2)cc1F. The van der Waals surface area contributed by atoms with Crippen LogP contribution in [-0.2, 0) is 6.54 Å². The monoisotopic (exact) mass is 276 g/mol. The number of aromatic nitrogens is 1. The summed E-state index contributed by atoms with van der Waals surface area (Å²) in [5.74, 6) is 0.440. The normalized spacial score (nSPS) is 10.2. The number of pyridine rings is 1. The second-order valence-electron chi connectivity index (χ2n) is 4.10. The number of halogens is 1. The Kier molecular flexibility index (Phi) is 4.76. The molecule has 0 aliphatic carbocycles. The Balaban J connectivity index is 2.01. The zero-order valence-electron chi connectivity index (χ0n) is 11.5. The van der Waals surface area contributed by atoms with Gasteiger partial charge in [-0.3, -0.25) is 0 Å². The van der Waals surface area contributed by atoms with Crippen molar-refractivity contribution >= 4 is 5.69 Å². The largest absolute Gasteiger partial charge is 0.491 e. The van der Waals surface area contributed by atoms with E-state index in [1.54, 1.807) is 25.3 Å². The average molecular weight is 276 g/mol. The Morgan fingerprint density at radius 2 is 2.10 bits per heavy atom. The molecule has 2 aromatic rings. The molecule has 106 valence electrons. The van der Waals surface area contributed by atoms with Gasteiger partial charge in [-0.2, -0.15) is 0 Å². The summed E-state index contributed by atoms with van der Waals surface area (Å²) >= 11 is 0. The fraction of sp³-hybridized carbons (Fsp3) is 0.267. The van der Waals surface area contributed by atoms with Gasteiger partial charge in [0.1, 0.15) is 0 Å². The van der Waals surface area contributed by atoms with Crippen LogP contribution in [0.1, 0.15) is 12.6 Å². The van der Waals surface area contributed by atoms with E-state index in [1.807, 2.05) is 19.1 Å². The van der Waals surface area contributed by atoms with Crippen molar-refractivity contribution in [2.75, 3.05) is 19.0 Å². The topological polar surface area (TPSA) is 43.4 Å². The molecular formula is C15H17FN2O2. The lowest BCUT2D eigenvalue weighted by molar-refractivity contribution is 0.321. The van der Waals surface area contributed by atoms with E-state index in [-0.39, 0.29) is 11.6 Å². The lowest BCUT2D eigenvalue weighted by atomic mass is 10.2. The van der Waals surface area contributed by atoms with E-state index >= 15 is 0 Å². The van der Waals surface area contributed by atoms with E-state index in [0.29, 0.717) is 24.7 Å². The summed E-state index contributed by atoms with van der Waals surface area (Å²) in [4.78, 5) is 4.27. The van der Waals surface area contributed by atoms with Crippen LogP contribution < -0.4 is 14.8 Å². The third kappa shape index (κ3) is 3.60. The predicted octanol–water partition coefficient (Wildman–Crippen LogP) is 3.24. The van der Waals surface area contributed by atoms with Gasteiger partial charge in [-0.05, 0) is 25.1 Å². The van der Waals surface area contributed by atoms with Crippen LogP contribution >= 0.6 is 0 Å². The van der Waals surface area contributed by atoms with Crippen LogP contribution in [0.15, 0.2) is 36.4 Å². The summed E-state index contributed by atoms with van der Waals surface area (Å²) in [5.41, 5.74) is 1.49. The predicted molar refractivity (Wildman–Crippen MR) is 75.7 cm³/mol. The van der Waals surface area contributed by atoms with Crippen LogP contribution in [0.2, 0.25) is 0 Å². The maximum absolute atomic E-state index is 13.7. The summed E-state index contributed by atoms with van der Waals surface area (Å²) in [6.45, 7) is 2.75. The molecule has 0 atom stereocenters. The van der Waals surface area contributed by atoms with Crippen LogP contribution in [-0.4, -0.2) is 18.7 Å². The van der Waals surface area contributed by atoms with Gasteiger partial charge in [-0.1, -0.05) is 6.07 Å². The molecule has 0 aliphatic heterocycles. The second kappa shape index (κ2) is 6.75. The number of rotatable bonds is 6. The third-order valence-corrected chi connectivity index (χ3v) is 2.70. The molecule has 0 saturated heterocycles. The minimum Gasteiger partial charge on any atom is -0.491 e. The van der Waals surface area contributed by atoms with Crippen LogP contribution in [0.3, 0.4) is 0 Å². The highest BCUT2D eigenvalue weighted by Crippen LogP contribution is 2.21. The molecular weight excluding hydrogens is 259 g/mol. The van der Waals surface area contributed by atoms with E-state index in [1.165, 1.54) is 6.07 Å². The molecule has 20 heavy (non-hydrogen) atoms. The molecule has 0 saturated carbocycles. The van der Waals surface area contributed by atoms with Crippen molar-refractivity contribution in [3.05, 3.63) is 47.9 Å². The van der Waals surface area contributed by atoms with Crippen molar-refractivity contribution in [3.63, 3.8) is 0 Å². The van der Waals surface area contributed by atoms with Gasteiger partial charge in [0.05, 0.1) is 26.0 Å². The molecule has 0 amide bonds. The minimum atomic E-state index is -0.379. The Morgan fingerprint density at radius 3 is 2.80 bits per heavy atom. The number of nitrogens with one attached hydrogen (secondary N) is 1. The highest BCUT2D eigenvalue weighted by Gasteiger charge is 2.04. The number of nitrogens with zero attached hydrogens (tertiary/aromatic N) is 1. The Bertz CT molecular complexity index is 576. The quantitative estimate of drug-likeness (QED) is 0.879. The summed E-state index contributed by atoms with van der Waals surface area (Å²) < 4.78 is 23.9. The Labute approximate surface area is 117 Å². The summed E-state index contributed by atoms with van der Waals surface area (Å²) in [6, 6.07) is 10.3. The van der Waals surface area contributed by atoms with Crippen LogP contribution in [0.5, 0.6) is 11.6 Å². The molecule has 5 heteroatoms. The van der Waals surface area contributed by atoms with E-state index in [4.69, 9.17) is 9.47 Å². The zero-order chi connectivity index (χ0) is 14.4. The molecule has 0 bridgehead atoms. The first-order valence-electron chi connectivity index (χ1n) is 6.39. The molecule has 0 spiro atoms. The van der Waals surface area contributed by atoms with Gasteiger partial charge in [0.2, 0.25) is 5.88 Å². The first-order valence-corrected chi connectivity index (χ1v) is 6.39. The van der Waals surface area contributed by atoms with Crippen molar-refractivity contribution in [3.8, 4) is 11.6 Å². The fourth-order valence-corrected chi connectivity index (χ4v) is 1.75. The van der Waals surface area contributed by atoms with Crippen LogP contribution in [0, 0.1) is 5.82 Å². The molecule has 1 heterocycles. The van der Waals surface area contributed by atoms with Crippen molar-refractivity contribution in [1.29, 1.82) is 0 Å². The number of ether oxygens (including phenoxy) is 2. The molecule has 0 radical (unpaired) electrons. The van der Waals surface area contributed by atoms with Gasteiger partial charge in [-0.25, -0.2) is 9.37 Å². The maximum atomic E-state index is 13.7. The van der Waals surface area contributed by atoms with Crippen molar-refractivity contribution in [1.82, 2.24) is 4.98 Å². The van der Waals surface area contributed by atoms with Gasteiger partial charge in [0.25, 0.3) is 0 Å². The smallest absolute Gasteiger partial charge is 0.213 e. The molecule has 0 fully saturated rings. The van der Waals surface area contributed by atoms with Gasteiger partial charge < -0.3 is 14.8 Å². The molecule has 2 rings (SSSR count). The first-order chi connectivity index (χ1) is 9.72. The summed E-state index contributed by atoms with van der Waals surface area (Å²) in [7, 11) is 1.57. The number of benzene rings is 1. The Hall–Kier alpha value is -2.30. The maximum Gasteiger partial charge on any atom is 0.213 e. The van der Waals surface area contributed by atoms with Crippen molar-refractivity contribution < 1.29 is 13.9 Å². The lowest BCUT2D eigenvalue weighted by Crippen LogP contribution is -2.03. The fourth-order valence-electron chi connectivity index (χ4n) is 1.75. The minimum absolute atomic E-state index is 0.262. The number of hydrogen-bond acceptors (Lipinski definition) is 4. The van der Waals surface area contributed by atoms with Gasteiger partial charge in [0.15, 0.2) is 11.6 Å². The highest BCUT2D eigenvalue weighted by atomic mass is 19.1. The van der Waals surface area contributed by atoms with Gasteiger partial charge >= 0.3 is 0 Å². The summed E-state index contributed by atoms with van der Waals surface area (Å²) in [6.07, 6.45) is 0. The molecule has 1 N–H and O–H groups in total. The van der Waals surface area contributed by atoms with E-state index < -0.39 is 0 Å². The van der Waals surface area contributed by atoms with E-state index in [2.05, 4.69) is 10.3 Å². The van der Waals surface area contributed by atoms with Crippen molar-refractivity contribution in [2.24, 2.45) is 0 Å². The van der Waals surface area contributed by atoms with Gasteiger partial charge in [-0.15, -0.1) is 0 Å². The number of anilines is 1. The van der Waals surface area contributed by atoms with Crippen LogP contribution in [0.4, 0.5) is 10.1 Å². The summed E-state index contributed by atoms with van der Waals surface area (Å²) in [5, 5.41) is 3.11. The molecule has 1 aromatic carbocycles. The Morgan fingerprint density at radius 1 is 1.25 bits per heavy atom. The lowest BCUT2D eigenvalue weighted by Gasteiger charge is -2.09. The molecule has 4 nitrogen and oxygen atoms in total. The second-order valence-corrected chi connectivity index (χ2v) is 4.10. The van der Waals surface area contributed by atoms with Gasteiger partial charge in [0, 0.05) is 17.8 Å². The molecule has 0 aliphatic rings. The number of methoxy groups -OCH3 is 1. The van der Waals surface area contributed by atoms with Crippen LogP contribution in [0.25, 0.3) is 0 Å². The number of hydrogen-bond donors (Lipinski definition) is 1. The highest BCUT2D eigenvalue weighted by molar-refractivity contribution is 5.47. The molecule has 0 unspecified atom stereocenters. The molecule has 1 aromatic heterocycles.